The van der Waals surface area contributed by atoms with Crippen molar-refractivity contribution in [1.82, 2.24) is 4.90 Å². The Labute approximate surface area is 148 Å². The van der Waals surface area contributed by atoms with Crippen LogP contribution in [0.4, 0.5) is 0 Å². The Balaban J connectivity index is 2.02. The first kappa shape index (κ1) is 18.8. The van der Waals surface area contributed by atoms with Gasteiger partial charge in [0.25, 0.3) is 0 Å². The summed E-state index contributed by atoms with van der Waals surface area (Å²) in [6.45, 7) is 3.71. The molecule has 25 heavy (non-hydrogen) atoms. The number of piperidine rings is 1. The van der Waals surface area contributed by atoms with Crippen LogP contribution in [-0.4, -0.2) is 43.5 Å². The Morgan fingerprint density at radius 2 is 2.16 bits per heavy atom. The number of nitrogens with zero attached hydrogens (tertiary/aromatic N) is 1. The van der Waals surface area contributed by atoms with Crippen LogP contribution in [0.2, 0.25) is 0 Å². The van der Waals surface area contributed by atoms with E-state index in [4.69, 9.17) is 15.2 Å². The molecule has 1 unspecified atom stereocenters. The van der Waals surface area contributed by atoms with E-state index in [0.717, 1.165) is 24.8 Å². The summed E-state index contributed by atoms with van der Waals surface area (Å²) in [7, 11) is 1.59. The molecule has 1 aliphatic heterocycles. The van der Waals surface area contributed by atoms with E-state index in [1.165, 1.54) is 6.08 Å². The lowest BCUT2D eigenvalue weighted by Crippen LogP contribution is -2.43. The predicted molar refractivity (Wildman–Crippen MR) is 96.3 cm³/mol. The number of rotatable bonds is 7. The third kappa shape index (κ3) is 5.24. The molecule has 1 aliphatic rings. The Hall–Kier alpha value is -2.50. The van der Waals surface area contributed by atoms with Gasteiger partial charge in [-0.05, 0) is 43.0 Å². The van der Waals surface area contributed by atoms with Crippen molar-refractivity contribution >= 4 is 17.9 Å². The lowest BCUT2D eigenvalue weighted by molar-refractivity contribution is -0.130. The standard InChI is InChI=1S/C19H26N2O4/c1-3-11-25-16-8-6-14(12-17(16)24-2)7-9-18(22)21-10-4-5-15(13-21)19(20)23/h6-9,12,15H,3-5,10-11,13H2,1-2H3,(H2,20,23)/b9-7+. The molecule has 2 amide bonds. The first-order valence-corrected chi connectivity index (χ1v) is 8.62. The molecule has 0 radical (unpaired) electrons. The lowest BCUT2D eigenvalue weighted by atomic mass is 9.97. The van der Waals surface area contributed by atoms with Crippen molar-refractivity contribution < 1.29 is 19.1 Å². The molecular formula is C19H26N2O4. The molecule has 136 valence electrons. The van der Waals surface area contributed by atoms with Gasteiger partial charge in [-0.1, -0.05) is 13.0 Å². The second kappa shape index (κ2) is 9.11. The third-order valence-corrected chi connectivity index (χ3v) is 4.20. The minimum atomic E-state index is -0.339. The van der Waals surface area contributed by atoms with Crippen LogP contribution in [0.5, 0.6) is 11.5 Å². The molecular weight excluding hydrogens is 320 g/mol. The van der Waals surface area contributed by atoms with E-state index in [1.54, 1.807) is 18.1 Å². The van der Waals surface area contributed by atoms with Crippen LogP contribution in [0.25, 0.3) is 6.08 Å². The minimum Gasteiger partial charge on any atom is -0.493 e. The third-order valence-electron chi connectivity index (χ3n) is 4.20. The maximum absolute atomic E-state index is 12.3. The van der Waals surface area contributed by atoms with E-state index in [9.17, 15) is 9.59 Å². The molecule has 0 aliphatic carbocycles. The average Bonchev–Trinajstić information content (AvgIpc) is 2.64. The van der Waals surface area contributed by atoms with Crippen molar-refractivity contribution in [3.63, 3.8) is 0 Å². The number of nitrogens with two attached hydrogens (primary N) is 1. The highest BCUT2D eigenvalue weighted by Crippen LogP contribution is 2.28. The highest BCUT2D eigenvalue weighted by Gasteiger charge is 2.25. The van der Waals surface area contributed by atoms with Gasteiger partial charge in [0, 0.05) is 19.2 Å². The van der Waals surface area contributed by atoms with Crippen molar-refractivity contribution in [2.45, 2.75) is 26.2 Å². The molecule has 1 aromatic rings. The van der Waals surface area contributed by atoms with Gasteiger partial charge in [-0.25, -0.2) is 0 Å². The number of methoxy groups -OCH3 is 1. The van der Waals surface area contributed by atoms with Crippen molar-refractivity contribution in [2.24, 2.45) is 11.7 Å². The summed E-state index contributed by atoms with van der Waals surface area (Å²) >= 11 is 0. The second-order valence-corrected chi connectivity index (χ2v) is 6.12. The van der Waals surface area contributed by atoms with Gasteiger partial charge in [-0.2, -0.15) is 0 Å². The van der Waals surface area contributed by atoms with Gasteiger partial charge < -0.3 is 20.1 Å². The van der Waals surface area contributed by atoms with Gasteiger partial charge in [0.05, 0.1) is 19.6 Å². The summed E-state index contributed by atoms with van der Waals surface area (Å²) in [5.41, 5.74) is 6.20. The van der Waals surface area contributed by atoms with Gasteiger partial charge in [0.2, 0.25) is 11.8 Å². The number of likely N-dealkylation sites (tertiary alicyclic amines) is 1. The number of carbonyl (C=O) groups excluding carboxylic acids is 2. The largest absolute Gasteiger partial charge is 0.493 e. The molecule has 6 heteroatoms. The number of amides is 2. The Morgan fingerprint density at radius 3 is 2.84 bits per heavy atom. The smallest absolute Gasteiger partial charge is 0.246 e. The first-order chi connectivity index (χ1) is 12.0. The Kier molecular flexibility index (Phi) is 6.86. The maximum atomic E-state index is 12.3. The zero-order chi connectivity index (χ0) is 18.2. The van der Waals surface area contributed by atoms with Crippen LogP contribution in [0, 0.1) is 5.92 Å². The molecule has 1 heterocycles. The summed E-state index contributed by atoms with van der Waals surface area (Å²) in [6, 6.07) is 5.54. The van der Waals surface area contributed by atoms with E-state index in [-0.39, 0.29) is 17.7 Å². The quantitative estimate of drug-likeness (QED) is 0.768. The van der Waals surface area contributed by atoms with Gasteiger partial charge in [0.1, 0.15) is 0 Å². The Bertz CT molecular complexity index is 642. The highest BCUT2D eigenvalue weighted by atomic mass is 16.5. The molecule has 1 fully saturated rings. The van der Waals surface area contributed by atoms with Crippen LogP contribution in [0.1, 0.15) is 31.7 Å². The zero-order valence-corrected chi connectivity index (χ0v) is 14.9. The number of hydrogen-bond acceptors (Lipinski definition) is 4. The Morgan fingerprint density at radius 1 is 1.36 bits per heavy atom. The second-order valence-electron chi connectivity index (χ2n) is 6.12. The van der Waals surface area contributed by atoms with Crippen LogP contribution in [0.15, 0.2) is 24.3 Å². The molecule has 0 saturated carbocycles. The van der Waals surface area contributed by atoms with Gasteiger partial charge in [0.15, 0.2) is 11.5 Å². The fourth-order valence-electron chi connectivity index (χ4n) is 2.80. The molecule has 0 spiro atoms. The summed E-state index contributed by atoms with van der Waals surface area (Å²) in [5.74, 6) is 0.620. The van der Waals surface area contributed by atoms with Gasteiger partial charge in [-0.3, -0.25) is 9.59 Å². The van der Waals surface area contributed by atoms with Crippen molar-refractivity contribution in [3.05, 3.63) is 29.8 Å². The van der Waals surface area contributed by atoms with E-state index < -0.39 is 0 Å². The van der Waals surface area contributed by atoms with Gasteiger partial charge in [-0.15, -0.1) is 0 Å². The van der Waals surface area contributed by atoms with Crippen LogP contribution in [0.3, 0.4) is 0 Å². The molecule has 0 aromatic heterocycles. The molecule has 1 saturated heterocycles. The van der Waals surface area contributed by atoms with E-state index in [1.807, 2.05) is 25.1 Å². The van der Waals surface area contributed by atoms with E-state index >= 15 is 0 Å². The number of primary amides is 1. The van der Waals surface area contributed by atoms with E-state index in [2.05, 4.69) is 0 Å². The minimum absolute atomic E-state index is 0.115. The zero-order valence-electron chi connectivity index (χ0n) is 14.9. The highest BCUT2D eigenvalue weighted by molar-refractivity contribution is 5.92. The predicted octanol–water partition coefficient (Wildman–Crippen LogP) is 2.22. The molecule has 2 N–H and O–H groups in total. The molecule has 2 rings (SSSR count). The number of carbonyl (C=O) groups is 2. The molecule has 0 bridgehead atoms. The van der Waals surface area contributed by atoms with Gasteiger partial charge >= 0.3 is 0 Å². The van der Waals surface area contributed by atoms with Crippen LogP contribution < -0.4 is 15.2 Å². The number of ether oxygens (including phenoxy) is 2. The maximum Gasteiger partial charge on any atom is 0.246 e. The molecule has 1 aromatic carbocycles. The average molecular weight is 346 g/mol. The summed E-state index contributed by atoms with van der Waals surface area (Å²) in [6.07, 6.45) is 5.72. The van der Waals surface area contributed by atoms with Crippen LogP contribution >= 0.6 is 0 Å². The fraction of sp³-hybridized carbons (Fsp3) is 0.474. The summed E-state index contributed by atoms with van der Waals surface area (Å²) < 4.78 is 11.0. The summed E-state index contributed by atoms with van der Waals surface area (Å²) in [5, 5.41) is 0. The number of hydrogen-bond donors (Lipinski definition) is 1. The van der Waals surface area contributed by atoms with E-state index in [0.29, 0.717) is 31.2 Å². The van der Waals surface area contributed by atoms with Crippen molar-refractivity contribution in [1.29, 1.82) is 0 Å². The fourth-order valence-corrected chi connectivity index (χ4v) is 2.80. The van der Waals surface area contributed by atoms with Crippen LogP contribution in [-0.2, 0) is 9.59 Å². The normalized spacial score (nSPS) is 17.5. The molecule has 6 nitrogen and oxygen atoms in total. The lowest BCUT2D eigenvalue weighted by Gasteiger charge is -2.30. The molecule has 1 atom stereocenters. The monoisotopic (exact) mass is 346 g/mol. The van der Waals surface area contributed by atoms with Crippen molar-refractivity contribution in [2.75, 3.05) is 26.8 Å². The first-order valence-electron chi connectivity index (χ1n) is 8.62. The SMILES string of the molecule is CCCOc1ccc(/C=C/C(=O)N2CCCC(C(N)=O)C2)cc1OC. The van der Waals surface area contributed by atoms with Crippen molar-refractivity contribution in [3.8, 4) is 11.5 Å². The summed E-state index contributed by atoms with van der Waals surface area (Å²) in [4.78, 5) is 25.3. The number of benzene rings is 1. The topological polar surface area (TPSA) is 81.9 Å².